The molecule has 0 aliphatic heterocycles. The van der Waals surface area contributed by atoms with Crippen LogP contribution in [0.2, 0.25) is 0 Å². The molecule has 0 saturated heterocycles. The highest BCUT2D eigenvalue weighted by Gasteiger charge is 2.36. The highest BCUT2D eigenvalue weighted by Crippen LogP contribution is 2.45. The van der Waals surface area contributed by atoms with Crippen LogP contribution >= 0.6 is 11.6 Å². The summed E-state index contributed by atoms with van der Waals surface area (Å²) in [6, 6.07) is 0. The summed E-state index contributed by atoms with van der Waals surface area (Å²) in [5.74, 6) is 1.22. The van der Waals surface area contributed by atoms with Crippen molar-refractivity contribution in [3.63, 3.8) is 0 Å². The smallest absolute Gasteiger partial charge is 0.0670 e. The normalized spacial score (nSPS) is 13.6. The van der Waals surface area contributed by atoms with Crippen molar-refractivity contribution in [1.82, 2.24) is 0 Å². The maximum Gasteiger partial charge on any atom is 0.0670 e. The van der Waals surface area contributed by atoms with Gasteiger partial charge in [-0.3, -0.25) is 0 Å². The van der Waals surface area contributed by atoms with E-state index in [1.165, 1.54) is 0 Å². The van der Waals surface area contributed by atoms with Crippen LogP contribution in [0.5, 0.6) is 0 Å². The van der Waals surface area contributed by atoms with Crippen LogP contribution in [0.1, 0.15) is 41.5 Å². The lowest BCUT2D eigenvalue weighted by Crippen LogP contribution is -2.32. The van der Waals surface area contributed by atoms with E-state index in [1.54, 1.807) is 0 Å². The largest absolute Gasteiger partial charge is 0.117 e. The fraction of sp³-hybridized carbons (Fsp3) is 0.900. The van der Waals surface area contributed by atoms with E-state index in [2.05, 4.69) is 34.6 Å². The Morgan fingerprint density at radius 3 is 1.36 bits per heavy atom. The van der Waals surface area contributed by atoms with E-state index < -0.39 is 0 Å². The van der Waals surface area contributed by atoms with E-state index in [1.807, 2.05) is 6.92 Å². The van der Waals surface area contributed by atoms with E-state index in [0.717, 1.165) is 5.38 Å². The molecule has 0 bridgehead atoms. The third-order valence-corrected chi connectivity index (χ3v) is 3.55. The Balaban J connectivity index is 4.53. The number of hydrogen-bond donors (Lipinski definition) is 0. The molecule has 0 atom stereocenters. The molecule has 0 heterocycles. The summed E-state index contributed by atoms with van der Waals surface area (Å²) in [4.78, 5) is 0. The van der Waals surface area contributed by atoms with Gasteiger partial charge in [-0.1, -0.05) is 34.6 Å². The van der Waals surface area contributed by atoms with E-state index in [0.29, 0.717) is 11.8 Å². The Bertz CT molecular complexity index is 92.3. The van der Waals surface area contributed by atoms with Gasteiger partial charge in [0.1, 0.15) is 0 Å². The molecule has 0 saturated carbocycles. The van der Waals surface area contributed by atoms with Crippen LogP contribution < -0.4 is 0 Å². The predicted molar refractivity (Wildman–Crippen MR) is 52.6 cm³/mol. The summed E-state index contributed by atoms with van der Waals surface area (Å²) in [6.07, 6.45) is 0. The lowest BCUT2D eigenvalue weighted by Gasteiger charge is -2.39. The number of rotatable bonds is 3. The standard InChI is InChI=1S/C10H20Cl/c1-7(2)10(6,8(3)4)9(5)11/h7-8H,1-6H3. The summed E-state index contributed by atoms with van der Waals surface area (Å²) < 4.78 is 0. The van der Waals surface area contributed by atoms with Gasteiger partial charge in [-0.25, -0.2) is 0 Å². The van der Waals surface area contributed by atoms with Crippen molar-refractivity contribution in [3.05, 3.63) is 5.38 Å². The number of hydrogen-bond acceptors (Lipinski definition) is 0. The summed E-state index contributed by atoms with van der Waals surface area (Å²) in [7, 11) is 0. The highest BCUT2D eigenvalue weighted by atomic mass is 35.5. The van der Waals surface area contributed by atoms with Gasteiger partial charge in [0.2, 0.25) is 0 Å². The van der Waals surface area contributed by atoms with Crippen LogP contribution in [0.4, 0.5) is 0 Å². The molecular formula is C10H20Cl. The average Bonchev–Trinajstić information content (AvgIpc) is 1.84. The first-order valence-electron chi connectivity index (χ1n) is 4.33. The second-order valence-electron chi connectivity index (χ2n) is 4.13. The average molecular weight is 176 g/mol. The molecule has 0 N–H and O–H groups in total. The Kier molecular flexibility index (Phi) is 3.90. The minimum absolute atomic E-state index is 0.182. The fourth-order valence-corrected chi connectivity index (χ4v) is 1.90. The topological polar surface area (TPSA) is 0 Å². The van der Waals surface area contributed by atoms with E-state index in [4.69, 9.17) is 11.6 Å². The molecule has 0 aromatic rings. The minimum Gasteiger partial charge on any atom is -0.117 e. The first-order chi connectivity index (χ1) is 4.83. The molecule has 0 fully saturated rings. The summed E-state index contributed by atoms with van der Waals surface area (Å²) in [5, 5.41) is 1.03. The zero-order chi connectivity index (χ0) is 9.23. The Labute approximate surface area is 76.3 Å². The van der Waals surface area contributed by atoms with Crippen LogP contribution in [0.15, 0.2) is 0 Å². The Morgan fingerprint density at radius 2 is 1.36 bits per heavy atom. The van der Waals surface area contributed by atoms with Gasteiger partial charge in [-0.05, 0) is 24.2 Å². The minimum atomic E-state index is 0.182. The quantitative estimate of drug-likeness (QED) is 0.606. The highest BCUT2D eigenvalue weighted by molar-refractivity contribution is 6.27. The van der Waals surface area contributed by atoms with Crippen LogP contribution in [-0.2, 0) is 0 Å². The maximum absolute atomic E-state index is 6.09. The second-order valence-corrected chi connectivity index (χ2v) is 4.69. The van der Waals surface area contributed by atoms with Gasteiger partial charge in [0.05, 0.1) is 5.38 Å². The van der Waals surface area contributed by atoms with Crippen molar-refractivity contribution in [1.29, 1.82) is 0 Å². The molecule has 0 aliphatic rings. The van der Waals surface area contributed by atoms with Crippen molar-refractivity contribution in [2.24, 2.45) is 17.3 Å². The third-order valence-electron chi connectivity index (χ3n) is 3.14. The van der Waals surface area contributed by atoms with Crippen LogP contribution in [0.25, 0.3) is 0 Å². The van der Waals surface area contributed by atoms with Gasteiger partial charge < -0.3 is 0 Å². The molecule has 1 heteroatoms. The molecule has 0 spiro atoms. The Hall–Kier alpha value is 0.290. The lowest BCUT2D eigenvalue weighted by molar-refractivity contribution is 0.174. The molecule has 0 aromatic carbocycles. The number of halogens is 1. The molecule has 0 amide bonds. The van der Waals surface area contributed by atoms with Gasteiger partial charge in [0.25, 0.3) is 0 Å². The van der Waals surface area contributed by atoms with E-state index in [-0.39, 0.29) is 5.41 Å². The van der Waals surface area contributed by atoms with Crippen molar-refractivity contribution in [2.75, 3.05) is 0 Å². The Morgan fingerprint density at radius 1 is 1.09 bits per heavy atom. The molecular weight excluding hydrogens is 156 g/mol. The summed E-state index contributed by atoms with van der Waals surface area (Å²) in [5.41, 5.74) is 0.182. The van der Waals surface area contributed by atoms with E-state index in [9.17, 15) is 0 Å². The van der Waals surface area contributed by atoms with Gasteiger partial charge in [-0.2, -0.15) is 0 Å². The lowest BCUT2D eigenvalue weighted by atomic mass is 9.68. The van der Waals surface area contributed by atoms with Crippen molar-refractivity contribution in [2.45, 2.75) is 41.5 Å². The van der Waals surface area contributed by atoms with Crippen LogP contribution in [0, 0.1) is 22.6 Å². The third kappa shape index (κ3) is 2.11. The molecule has 67 valence electrons. The van der Waals surface area contributed by atoms with Gasteiger partial charge in [0, 0.05) is 0 Å². The van der Waals surface area contributed by atoms with Crippen LogP contribution in [-0.4, -0.2) is 0 Å². The molecule has 0 rings (SSSR count). The SMILES string of the molecule is C[C](Cl)C(C)(C(C)C)C(C)C. The monoisotopic (exact) mass is 175 g/mol. The molecule has 1 radical (unpaired) electrons. The zero-order valence-electron chi connectivity index (χ0n) is 8.53. The molecule has 0 nitrogen and oxygen atoms in total. The fourth-order valence-electron chi connectivity index (χ4n) is 1.46. The maximum atomic E-state index is 6.09. The summed E-state index contributed by atoms with van der Waals surface area (Å²) in [6.45, 7) is 13.2. The van der Waals surface area contributed by atoms with Gasteiger partial charge >= 0.3 is 0 Å². The second kappa shape index (κ2) is 3.80. The van der Waals surface area contributed by atoms with Gasteiger partial charge in [-0.15, -0.1) is 11.6 Å². The first kappa shape index (κ1) is 11.3. The van der Waals surface area contributed by atoms with Crippen LogP contribution in [0.3, 0.4) is 0 Å². The van der Waals surface area contributed by atoms with Crippen molar-refractivity contribution < 1.29 is 0 Å². The first-order valence-corrected chi connectivity index (χ1v) is 4.70. The molecule has 0 aromatic heterocycles. The van der Waals surface area contributed by atoms with Crippen molar-refractivity contribution in [3.8, 4) is 0 Å². The molecule has 0 unspecified atom stereocenters. The summed E-state index contributed by atoms with van der Waals surface area (Å²) >= 11 is 6.09. The molecule has 11 heavy (non-hydrogen) atoms. The van der Waals surface area contributed by atoms with E-state index >= 15 is 0 Å². The zero-order valence-corrected chi connectivity index (χ0v) is 9.29. The van der Waals surface area contributed by atoms with Crippen molar-refractivity contribution >= 4 is 11.6 Å². The predicted octanol–water partition coefficient (Wildman–Crippen LogP) is 4.10. The molecule has 0 aliphatic carbocycles. The van der Waals surface area contributed by atoms with Gasteiger partial charge in [0.15, 0.2) is 0 Å².